The van der Waals surface area contributed by atoms with Crippen molar-refractivity contribution in [2.45, 2.75) is 6.92 Å². The van der Waals surface area contributed by atoms with Crippen LogP contribution < -0.4 is 15.4 Å². The highest BCUT2D eigenvalue weighted by Gasteiger charge is 2.24. The van der Waals surface area contributed by atoms with E-state index < -0.39 is 0 Å². The first-order valence-electron chi connectivity index (χ1n) is 5.16. The predicted molar refractivity (Wildman–Crippen MR) is 63.5 cm³/mol. The minimum Gasteiger partial charge on any atom is -0.481 e. The Morgan fingerprint density at radius 3 is 3.12 bits per heavy atom. The first-order chi connectivity index (χ1) is 7.72. The number of nitrogen functional groups attached to an aromatic ring is 1. The van der Waals surface area contributed by atoms with E-state index in [9.17, 15) is 4.79 Å². The Labute approximate surface area is 94.3 Å². The molecule has 4 nitrogen and oxygen atoms in total. The van der Waals surface area contributed by atoms with Gasteiger partial charge in [-0.1, -0.05) is 12.2 Å². The minimum atomic E-state index is -0.0321. The number of carbonyl (C=O) groups excluding carboxylic acids is 1. The van der Waals surface area contributed by atoms with Crippen molar-refractivity contribution in [3.8, 4) is 5.75 Å². The van der Waals surface area contributed by atoms with Gasteiger partial charge in [0.2, 0.25) is 0 Å². The number of ether oxygens (including phenoxy) is 1. The van der Waals surface area contributed by atoms with E-state index >= 15 is 0 Å². The smallest absolute Gasteiger partial charge is 0.265 e. The summed E-state index contributed by atoms with van der Waals surface area (Å²) in [6, 6.07) is 5.32. The lowest BCUT2D eigenvalue weighted by atomic mass is 10.2. The molecule has 0 bridgehead atoms. The maximum atomic E-state index is 11.7. The molecule has 1 aliphatic heterocycles. The van der Waals surface area contributed by atoms with Crippen LogP contribution in [0, 0.1) is 0 Å². The van der Waals surface area contributed by atoms with Gasteiger partial charge in [0, 0.05) is 18.3 Å². The number of nitrogens with two attached hydrogens (primary N) is 1. The fraction of sp³-hybridized carbons (Fsp3) is 0.250. The average Bonchev–Trinajstić information content (AvgIpc) is 2.28. The van der Waals surface area contributed by atoms with Crippen LogP contribution in [0.2, 0.25) is 0 Å². The molecule has 2 rings (SSSR count). The lowest BCUT2D eigenvalue weighted by Gasteiger charge is -2.28. The minimum absolute atomic E-state index is 0.0321. The highest BCUT2D eigenvalue weighted by molar-refractivity contribution is 5.98. The quantitative estimate of drug-likeness (QED) is 0.605. The summed E-state index contributed by atoms with van der Waals surface area (Å²) in [6.07, 6.45) is 3.85. The summed E-state index contributed by atoms with van der Waals surface area (Å²) < 4.78 is 5.33. The van der Waals surface area contributed by atoms with Gasteiger partial charge in [-0.3, -0.25) is 4.79 Å². The third-order valence-electron chi connectivity index (χ3n) is 2.45. The first-order valence-corrected chi connectivity index (χ1v) is 5.16. The second kappa shape index (κ2) is 4.26. The summed E-state index contributed by atoms with van der Waals surface area (Å²) in [4.78, 5) is 13.4. The van der Waals surface area contributed by atoms with Gasteiger partial charge in [0.05, 0.1) is 5.69 Å². The molecule has 0 atom stereocenters. The van der Waals surface area contributed by atoms with Crippen molar-refractivity contribution in [3.05, 3.63) is 30.4 Å². The maximum absolute atomic E-state index is 11.7. The molecule has 0 saturated carbocycles. The Kier molecular flexibility index (Phi) is 2.81. The van der Waals surface area contributed by atoms with E-state index in [0.29, 0.717) is 18.0 Å². The maximum Gasteiger partial charge on any atom is 0.265 e. The Hall–Kier alpha value is -1.97. The Morgan fingerprint density at radius 2 is 2.38 bits per heavy atom. The summed E-state index contributed by atoms with van der Waals surface area (Å²) in [5, 5.41) is 0. The standard InChI is InChI=1S/C12H14N2O2/c1-2-3-6-14-10-5-4-9(13)7-11(10)16-8-12(14)15/h2-5,7H,6,8,13H2,1H3/b3-2+. The van der Waals surface area contributed by atoms with Crippen LogP contribution in [0.25, 0.3) is 0 Å². The summed E-state index contributed by atoms with van der Waals surface area (Å²) >= 11 is 0. The molecule has 4 heteroatoms. The van der Waals surface area contributed by atoms with Crippen LogP contribution in [-0.4, -0.2) is 19.1 Å². The summed E-state index contributed by atoms with van der Waals surface area (Å²) in [7, 11) is 0. The Balaban J connectivity index is 2.36. The highest BCUT2D eigenvalue weighted by atomic mass is 16.5. The number of fused-ring (bicyclic) bond motifs is 1. The largest absolute Gasteiger partial charge is 0.481 e. The van der Waals surface area contributed by atoms with Crippen LogP contribution in [0.15, 0.2) is 30.4 Å². The van der Waals surface area contributed by atoms with Crippen molar-refractivity contribution in [2.24, 2.45) is 0 Å². The number of hydrogen-bond donors (Lipinski definition) is 1. The van der Waals surface area contributed by atoms with Gasteiger partial charge in [0.1, 0.15) is 5.75 Å². The molecule has 0 radical (unpaired) electrons. The Morgan fingerprint density at radius 1 is 1.56 bits per heavy atom. The van der Waals surface area contributed by atoms with Crippen molar-refractivity contribution < 1.29 is 9.53 Å². The van der Waals surface area contributed by atoms with Crippen LogP contribution in [0.4, 0.5) is 11.4 Å². The topological polar surface area (TPSA) is 55.6 Å². The second-order valence-corrected chi connectivity index (χ2v) is 3.59. The lowest BCUT2D eigenvalue weighted by Crippen LogP contribution is -2.38. The summed E-state index contributed by atoms with van der Waals surface area (Å²) in [6.45, 7) is 2.57. The van der Waals surface area contributed by atoms with Crippen LogP contribution in [0.3, 0.4) is 0 Å². The van der Waals surface area contributed by atoms with E-state index in [1.165, 1.54) is 0 Å². The molecule has 1 heterocycles. The third kappa shape index (κ3) is 1.86. The SMILES string of the molecule is C/C=C/CN1C(=O)COc2cc(N)ccc21. The van der Waals surface area contributed by atoms with Crippen LogP contribution in [0.1, 0.15) is 6.92 Å². The average molecular weight is 218 g/mol. The van der Waals surface area contributed by atoms with E-state index in [0.717, 1.165) is 5.69 Å². The molecule has 1 aliphatic rings. The molecular weight excluding hydrogens is 204 g/mol. The van der Waals surface area contributed by atoms with E-state index in [4.69, 9.17) is 10.5 Å². The number of benzene rings is 1. The molecule has 1 aromatic rings. The Bertz CT molecular complexity index is 441. The zero-order valence-electron chi connectivity index (χ0n) is 9.14. The molecular formula is C12H14N2O2. The predicted octanol–water partition coefficient (Wildman–Crippen LogP) is 1.57. The third-order valence-corrected chi connectivity index (χ3v) is 2.45. The fourth-order valence-corrected chi connectivity index (χ4v) is 1.63. The molecule has 1 aromatic carbocycles. The van der Waals surface area contributed by atoms with Gasteiger partial charge in [0.15, 0.2) is 6.61 Å². The second-order valence-electron chi connectivity index (χ2n) is 3.59. The van der Waals surface area contributed by atoms with E-state index in [1.54, 1.807) is 17.0 Å². The number of carbonyl (C=O) groups is 1. The number of hydrogen-bond acceptors (Lipinski definition) is 3. The molecule has 0 unspecified atom stereocenters. The van der Waals surface area contributed by atoms with Crippen LogP contribution >= 0.6 is 0 Å². The van der Waals surface area contributed by atoms with Crippen molar-refractivity contribution in [3.63, 3.8) is 0 Å². The van der Waals surface area contributed by atoms with Crippen molar-refractivity contribution in [2.75, 3.05) is 23.8 Å². The number of anilines is 2. The zero-order valence-corrected chi connectivity index (χ0v) is 9.14. The number of amides is 1. The van der Waals surface area contributed by atoms with Gasteiger partial charge in [-0.05, 0) is 19.1 Å². The van der Waals surface area contributed by atoms with E-state index in [2.05, 4.69) is 0 Å². The molecule has 0 aromatic heterocycles. The van der Waals surface area contributed by atoms with Gasteiger partial charge in [-0.25, -0.2) is 0 Å². The molecule has 0 saturated heterocycles. The first kappa shape index (κ1) is 10.5. The van der Waals surface area contributed by atoms with Gasteiger partial charge >= 0.3 is 0 Å². The number of rotatable bonds is 2. The highest BCUT2D eigenvalue weighted by Crippen LogP contribution is 2.33. The van der Waals surface area contributed by atoms with Crippen molar-refractivity contribution in [1.29, 1.82) is 0 Å². The molecule has 1 amide bonds. The van der Waals surface area contributed by atoms with Crippen molar-refractivity contribution in [1.82, 2.24) is 0 Å². The lowest BCUT2D eigenvalue weighted by molar-refractivity contribution is -0.121. The van der Waals surface area contributed by atoms with E-state index in [1.807, 2.05) is 25.1 Å². The van der Waals surface area contributed by atoms with Crippen molar-refractivity contribution >= 4 is 17.3 Å². The molecule has 0 aliphatic carbocycles. The number of nitrogens with zero attached hydrogens (tertiary/aromatic N) is 1. The molecule has 16 heavy (non-hydrogen) atoms. The molecule has 0 spiro atoms. The van der Waals surface area contributed by atoms with Gasteiger partial charge in [-0.2, -0.15) is 0 Å². The van der Waals surface area contributed by atoms with Crippen LogP contribution in [-0.2, 0) is 4.79 Å². The fourth-order valence-electron chi connectivity index (χ4n) is 1.63. The molecule has 0 fully saturated rings. The zero-order chi connectivity index (χ0) is 11.5. The van der Waals surface area contributed by atoms with Gasteiger partial charge < -0.3 is 15.4 Å². The summed E-state index contributed by atoms with van der Waals surface area (Å²) in [5.74, 6) is 0.638. The van der Waals surface area contributed by atoms with E-state index in [-0.39, 0.29) is 12.5 Å². The molecule has 84 valence electrons. The molecule has 2 N–H and O–H groups in total. The van der Waals surface area contributed by atoms with Crippen LogP contribution in [0.5, 0.6) is 5.75 Å². The number of allylic oxidation sites excluding steroid dienone is 1. The monoisotopic (exact) mass is 218 g/mol. The van der Waals surface area contributed by atoms with Gasteiger partial charge in [0.25, 0.3) is 5.91 Å². The summed E-state index contributed by atoms with van der Waals surface area (Å²) in [5.41, 5.74) is 7.08. The normalized spacial score (nSPS) is 15.1. The van der Waals surface area contributed by atoms with Gasteiger partial charge in [-0.15, -0.1) is 0 Å².